The van der Waals surface area contributed by atoms with Crippen LogP contribution in [0.3, 0.4) is 0 Å². The van der Waals surface area contributed by atoms with E-state index in [1.54, 1.807) is 18.2 Å². The monoisotopic (exact) mass is 250 g/mol. The number of aliphatic hydroxyl groups excluding tert-OH is 1. The molecule has 0 saturated carbocycles. The second kappa shape index (κ2) is 5.10. The zero-order chi connectivity index (χ0) is 11.5. The molecule has 0 amide bonds. The number of rotatable bonds is 4. The van der Waals surface area contributed by atoms with Gasteiger partial charge in [0.05, 0.1) is 0 Å². The summed E-state index contributed by atoms with van der Waals surface area (Å²) in [4.78, 5) is 0. The Labute approximate surface area is 93.3 Å². The van der Waals surface area contributed by atoms with E-state index in [-0.39, 0.29) is 0 Å². The Morgan fingerprint density at radius 2 is 2.00 bits per heavy atom. The lowest BCUT2D eigenvalue weighted by molar-refractivity contribution is 0.176. The number of halogens is 1. The van der Waals surface area contributed by atoms with Crippen LogP contribution >= 0.6 is 19.2 Å². The molecule has 0 aliphatic rings. The minimum atomic E-state index is -3.52. The van der Waals surface area contributed by atoms with Gasteiger partial charge in [0.15, 0.2) is 5.85 Å². The Kier molecular flexibility index (Phi) is 4.32. The Hall–Kier alpha value is -0.380. The van der Waals surface area contributed by atoms with E-state index in [0.29, 0.717) is 10.6 Å². The van der Waals surface area contributed by atoms with Gasteiger partial charge in [0.1, 0.15) is 0 Å². The molecule has 6 heteroatoms. The minimum Gasteiger partial charge on any atom is -0.376 e. The molecule has 0 aliphatic heterocycles. The highest BCUT2D eigenvalue weighted by molar-refractivity contribution is 7.53. The van der Waals surface area contributed by atoms with Crippen LogP contribution in [0.2, 0.25) is 5.02 Å². The minimum absolute atomic E-state index is 0.398. The Morgan fingerprint density at radius 1 is 1.40 bits per heavy atom. The molecule has 15 heavy (non-hydrogen) atoms. The van der Waals surface area contributed by atoms with Gasteiger partial charge in [-0.15, -0.1) is 0 Å². The van der Waals surface area contributed by atoms with Crippen molar-refractivity contribution in [2.45, 2.75) is 5.85 Å². The molecule has 0 radical (unpaired) electrons. The summed E-state index contributed by atoms with van der Waals surface area (Å²) in [5.74, 6) is -1.33. The van der Waals surface area contributed by atoms with Crippen LogP contribution in [0, 0.1) is 0 Å². The van der Waals surface area contributed by atoms with Crippen LogP contribution in [0.25, 0.3) is 0 Å². The fraction of sp³-hybridized carbons (Fsp3) is 0.333. The van der Waals surface area contributed by atoms with Crippen LogP contribution in [0.1, 0.15) is 11.4 Å². The first-order chi connectivity index (χ1) is 7.03. The van der Waals surface area contributed by atoms with Gasteiger partial charge in [0.2, 0.25) is 0 Å². The molecule has 0 heterocycles. The fourth-order valence-electron chi connectivity index (χ4n) is 1.12. The van der Waals surface area contributed by atoms with Gasteiger partial charge in [-0.25, -0.2) is 0 Å². The van der Waals surface area contributed by atoms with Crippen molar-refractivity contribution < 1.29 is 18.7 Å². The van der Waals surface area contributed by atoms with Crippen molar-refractivity contribution >= 4 is 19.2 Å². The van der Waals surface area contributed by atoms with Crippen LogP contribution in [-0.2, 0) is 13.6 Å². The second-order valence-electron chi connectivity index (χ2n) is 2.83. The highest BCUT2D eigenvalue weighted by Crippen LogP contribution is 2.58. The predicted molar refractivity (Wildman–Crippen MR) is 58.0 cm³/mol. The summed E-state index contributed by atoms with van der Waals surface area (Å²) < 4.78 is 21.2. The van der Waals surface area contributed by atoms with Crippen molar-refractivity contribution in [3.05, 3.63) is 34.9 Å². The van der Waals surface area contributed by atoms with E-state index < -0.39 is 13.4 Å². The first kappa shape index (κ1) is 12.7. The molecule has 1 aromatic carbocycles. The number of benzene rings is 1. The molecular weight excluding hydrogens is 239 g/mol. The van der Waals surface area contributed by atoms with Crippen LogP contribution in [0.4, 0.5) is 0 Å². The van der Waals surface area contributed by atoms with Gasteiger partial charge in [-0.3, -0.25) is 4.57 Å². The van der Waals surface area contributed by atoms with Gasteiger partial charge in [-0.2, -0.15) is 0 Å². The van der Waals surface area contributed by atoms with E-state index in [1.807, 2.05) is 0 Å². The van der Waals surface area contributed by atoms with Gasteiger partial charge >= 0.3 is 7.60 Å². The molecular formula is C9H12ClO4P. The topological polar surface area (TPSA) is 55.8 Å². The average molecular weight is 251 g/mol. The van der Waals surface area contributed by atoms with E-state index in [9.17, 15) is 9.67 Å². The third kappa shape index (κ3) is 2.80. The van der Waals surface area contributed by atoms with Gasteiger partial charge in [0.25, 0.3) is 0 Å². The van der Waals surface area contributed by atoms with Crippen molar-refractivity contribution in [1.82, 2.24) is 0 Å². The smallest absolute Gasteiger partial charge is 0.362 e. The van der Waals surface area contributed by atoms with Gasteiger partial charge in [-0.1, -0.05) is 23.7 Å². The van der Waals surface area contributed by atoms with Gasteiger partial charge in [0, 0.05) is 19.2 Å². The Balaban J connectivity index is 3.03. The van der Waals surface area contributed by atoms with Crippen LogP contribution in [-0.4, -0.2) is 19.3 Å². The fourth-order valence-corrected chi connectivity index (χ4v) is 2.40. The molecule has 0 aromatic heterocycles. The van der Waals surface area contributed by atoms with E-state index >= 15 is 0 Å². The predicted octanol–water partition coefficient (Wildman–Crippen LogP) is 2.82. The van der Waals surface area contributed by atoms with Crippen molar-refractivity contribution in [2.75, 3.05) is 14.2 Å². The maximum Gasteiger partial charge on any atom is 0.362 e. The van der Waals surface area contributed by atoms with Crippen LogP contribution in [0.15, 0.2) is 24.3 Å². The first-order valence-electron chi connectivity index (χ1n) is 4.18. The van der Waals surface area contributed by atoms with E-state index in [2.05, 4.69) is 9.05 Å². The molecule has 1 unspecified atom stereocenters. The Bertz CT molecular complexity index is 374. The number of hydrogen-bond acceptors (Lipinski definition) is 4. The summed E-state index contributed by atoms with van der Waals surface area (Å²) in [6, 6.07) is 6.41. The van der Waals surface area contributed by atoms with Crippen LogP contribution < -0.4 is 0 Å². The SMILES string of the molecule is COP(=O)(OC)C(O)c1cccc(Cl)c1. The lowest BCUT2D eigenvalue weighted by Crippen LogP contribution is -2.02. The van der Waals surface area contributed by atoms with Crippen molar-refractivity contribution in [3.63, 3.8) is 0 Å². The third-order valence-corrected chi connectivity index (χ3v) is 4.11. The average Bonchev–Trinajstić information content (AvgIpc) is 2.27. The van der Waals surface area contributed by atoms with Crippen molar-refractivity contribution in [2.24, 2.45) is 0 Å². The quantitative estimate of drug-likeness (QED) is 0.835. The molecule has 0 bridgehead atoms. The number of aliphatic hydroxyl groups is 1. The summed E-state index contributed by atoms with van der Waals surface area (Å²) in [5, 5.41) is 10.2. The lowest BCUT2D eigenvalue weighted by Gasteiger charge is -2.19. The van der Waals surface area contributed by atoms with Crippen LogP contribution in [0.5, 0.6) is 0 Å². The molecule has 84 valence electrons. The Morgan fingerprint density at radius 3 is 2.47 bits per heavy atom. The standard InChI is InChI=1S/C9H12ClO4P/c1-13-15(12,14-2)9(11)7-4-3-5-8(10)6-7/h3-6,9,11H,1-2H3. The summed E-state index contributed by atoms with van der Waals surface area (Å²) in [6.45, 7) is 0. The molecule has 0 fully saturated rings. The first-order valence-corrected chi connectivity index (χ1v) is 6.17. The summed E-state index contributed by atoms with van der Waals surface area (Å²) in [6.07, 6.45) is 0. The molecule has 0 aliphatic carbocycles. The maximum absolute atomic E-state index is 11.8. The molecule has 1 rings (SSSR count). The molecule has 1 atom stereocenters. The zero-order valence-electron chi connectivity index (χ0n) is 8.38. The summed E-state index contributed by atoms with van der Waals surface area (Å²) >= 11 is 5.74. The number of hydrogen-bond donors (Lipinski definition) is 1. The molecule has 1 aromatic rings. The highest BCUT2D eigenvalue weighted by Gasteiger charge is 2.33. The zero-order valence-corrected chi connectivity index (χ0v) is 10.0. The van der Waals surface area contributed by atoms with E-state index in [0.717, 1.165) is 0 Å². The third-order valence-electron chi connectivity index (χ3n) is 1.96. The second-order valence-corrected chi connectivity index (χ2v) is 5.57. The largest absolute Gasteiger partial charge is 0.376 e. The maximum atomic E-state index is 11.8. The highest BCUT2D eigenvalue weighted by atomic mass is 35.5. The normalized spacial score (nSPS) is 13.9. The molecule has 4 nitrogen and oxygen atoms in total. The van der Waals surface area contributed by atoms with Crippen molar-refractivity contribution in [3.8, 4) is 0 Å². The lowest BCUT2D eigenvalue weighted by atomic mass is 10.2. The molecule has 0 saturated heterocycles. The molecule has 0 spiro atoms. The molecule has 1 N–H and O–H groups in total. The van der Waals surface area contributed by atoms with E-state index in [4.69, 9.17) is 11.6 Å². The van der Waals surface area contributed by atoms with Gasteiger partial charge in [-0.05, 0) is 17.7 Å². The summed E-state index contributed by atoms with van der Waals surface area (Å²) in [5.41, 5.74) is 0.398. The van der Waals surface area contributed by atoms with Gasteiger partial charge < -0.3 is 14.2 Å². The van der Waals surface area contributed by atoms with Crippen molar-refractivity contribution in [1.29, 1.82) is 0 Å². The summed E-state index contributed by atoms with van der Waals surface area (Å²) in [7, 11) is -1.08. The van der Waals surface area contributed by atoms with E-state index in [1.165, 1.54) is 20.3 Å².